The van der Waals surface area contributed by atoms with E-state index < -0.39 is 0 Å². The highest BCUT2D eigenvalue weighted by molar-refractivity contribution is 5.87. The van der Waals surface area contributed by atoms with Crippen molar-refractivity contribution in [1.29, 1.82) is 0 Å². The quantitative estimate of drug-likeness (QED) is 0.868. The number of benzene rings is 2. The first-order valence-electron chi connectivity index (χ1n) is 9.40. The maximum Gasteiger partial charge on any atom is 0.116 e. The van der Waals surface area contributed by atoms with E-state index in [1.807, 2.05) is 19.2 Å². The summed E-state index contributed by atoms with van der Waals surface area (Å²) in [6.07, 6.45) is 8.47. The van der Waals surface area contributed by atoms with Gasteiger partial charge in [-0.15, -0.1) is 0 Å². The highest BCUT2D eigenvalue weighted by Crippen LogP contribution is 2.62. The second-order valence-corrected chi connectivity index (χ2v) is 8.63. The molecule has 2 aromatic carbocycles. The molecular formula is C22H26O2. The molecule has 0 radical (unpaired) electrons. The molecule has 0 aliphatic heterocycles. The number of phenols is 1. The van der Waals surface area contributed by atoms with Crippen LogP contribution in [0.2, 0.25) is 0 Å². The van der Waals surface area contributed by atoms with E-state index in [2.05, 4.69) is 24.3 Å². The molecule has 6 rings (SSSR count). The normalized spacial score (nSPS) is 37.2. The van der Waals surface area contributed by atoms with Gasteiger partial charge in [0.05, 0.1) is 6.10 Å². The molecule has 0 heterocycles. The van der Waals surface area contributed by atoms with Crippen LogP contribution in [0.25, 0.3) is 10.8 Å². The fourth-order valence-corrected chi connectivity index (χ4v) is 6.72. The van der Waals surface area contributed by atoms with Gasteiger partial charge in [0, 0.05) is 12.5 Å². The maximum absolute atomic E-state index is 9.78. The van der Waals surface area contributed by atoms with Gasteiger partial charge in [0.1, 0.15) is 5.75 Å². The van der Waals surface area contributed by atoms with Gasteiger partial charge in [-0.1, -0.05) is 24.3 Å². The second-order valence-electron chi connectivity index (χ2n) is 8.63. The molecule has 24 heavy (non-hydrogen) atoms. The Morgan fingerprint density at radius 1 is 1.08 bits per heavy atom. The van der Waals surface area contributed by atoms with Gasteiger partial charge in [-0.2, -0.15) is 0 Å². The van der Waals surface area contributed by atoms with Gasteiger partial charge in [-0.3, -0.25) is 0 Å². The summed E-state index contributed by atoms with van der Waals surface area (Å²) in [6.45, 7) is 0. The van der Waals surface area contributed by atoms with E-state index >= 15 is 0 Å². The number of hydrogen-bond donors (Lipinski definition) is 1. The lowest BCUT2D eigenvalue weighted by atomic mass is 9.47. The van der Waals surface area contributed by atoms with Crippen molar-refractivity contribution >= 4 is 10.8 Å². The first-order chi connectivity index (χ1) is 11.7. The molecule has 0 spiro atoms. The summed E-state index contributed by atoms with van der Waals surface area (Å²) in [4.78, 5) is 0. The van der Waals surface area contributed by atoms with E-state index in [4.69, 9.17) is 4.74 Å². The third kappa shape index (κ3) is 2.12. The Kier molecular flexibility index (Phi) is 3.22. The van der Waals surface area contributed by atoms with Crippen LogP contribution in [0.5, 0.6) is 5.75 Å². The molecule has 4 fully saturated rings. The zero-order valence-electron chi connectivity index (χ0n) is 14.4. The Morgan fingerprint density at radius 3 is 2.62 bits per heavy atom. The summed E-state index contributed by atoms with van der Waals surface area (Å²) >= 11 is 0. The molecule has 2 heteroatoms. The van der Waals surface area contributed by atoms with Gasteiger partial charge < -0.3 is 9.84 Å². The molecule has 4 saturated carbocycles. The van der Waals surface area contributed by atoms with Gasteiger partial charge in [0.2, 0.25) is 0 Å². The third-order valence-corrected chi connectivity index (χ3v) is 7.11. The summed E-state index contributed by atoms with van der Waals surface area (Å²) in [5.74, 6) is 2.98. The van der Waals surface area contributed by atoms with Crippen molar-refractivity contribution in [2.45, 2.75) is 44.6 Å². The molecule has 0 saturated heterocycles. The molecule has 0 aromatic heterocycles. The van der Waals surface area contributed by atoms with Crippen LogP contribution in [0.15, 0.2) is 36.4 Å². The minimum Gasteiger partial charge on any atom is -0.508 e. The van der Waals surface area contributed by atoms with Gasteiger partial charge in [-0.05, 0) is 84.7 Å². The first kappa shape index (κ1) is 14.8. The number of methoxy groups -OCH3 is 1. The molecular weight excluding hydrogens is 296 g/mol. The molecule has 2 aromatic rings. The Hall–Kier alpha value is -1.54. The number of rotatable bonds is 3. The monoisotopic (exact) mass is 322 g/mol. The Balaban J connectivity index is 1.57. The average Bonchev–Trinajstić information content (AvgIpc) is 2.54. The van der Waals surface area contributed by atoms with Crippen molar-refractivity contribution in [3.05, 3.63) is 42.0 Å². The standard InChI is InChI=1S/C22H26O2/c1-24-21-18-8-14-7-15(9-18)12-22(21,11-14)13-17-4-2-3-16-10-19(23)5-6-20(16)17/h2-6,10,14-15,18,21,23H,7-9,11-13H2,1H3. The Bertz CT molecular complexity index is 767. The lowest BCUT2D eigenvalue weighted by Crippen LogP contribution is -2.57. The molecule has 4 aliphatic carbocycles. The van der Waals surface area contributed by atoms with Gasteiger partial charge >= 0.3 is 0 Å². The average molecular weight is 322 g/mol. The molecule has 126 valence electrons. The van der Waals surface area contributed by atoms with Gasteiger partial charge in [0.25, 0.3) is 0 Å². The highest BCUT2D eigenvalue weighted by Gasteiger charge is 2.57. The van der Waals surface area contributed by atoms with Crippen molar-refractivity contribution in [2.75, 3.05) is 7.11 Å². The van der Waals surface area contributed by atoms with Crippen molar-refractivity contribution in [1.82, 2.24) is 0 Å². The SMILES string of the molecule is COC1C2CC3CC(C2)CC1(Cc1cccc2cc(O)ccc12)C3. The number of fused-ring (bicyclic) bond motifs is 1. The van der Waals surface area contributed by atoms with Crippen LogP contribution in [-0.4, -0.2) is 18.3 Å². The van der Waals surface area contributed by atoms with E-state index in [-0.39, 0.29) is 0 Å². The van der Waals surface area contributed by atoms with E-state index in [0.29, 0.717) is 17.3 Å². The summed E-state index contributed by atoms with van der Waals surface area (Å²) < 4.78 is 6.09. The Morgan fingerprint density at radius 2 is 1.88 bits per heavy atom. The van der Waals surface area contributed by atoms with Gasteiger partial charge in [-0.25, -0.2) is 0 Å². The predicted molar refractivity (Wildman–Crippen MR) is 96.1 cm³/mol. The van der Waals surface area contributed by atoms with Crippen molar-refractivity contribution in [3.8, 4) is 5.75 Å². The second kappa shape index (κ2) is 5.23. The molecule has 4 bridgehead atoms. The van der Waals surface area contributed by atoms with Crippen LogP contribution in [0.3, 0.4) is 0 Å². The predicted octanol–water partition coefficient (Wildman–Crippen LogP) is 4.93. The highest BCUT2D eigenvalue weighted by atomic mass is 16.5. The van der Waals surface area contributed by atoms with E-state index in [9.17, 15) is 5.11 Å². The van der Waals surface area contributed by atoms with Crippen molar-refractivity contribution < 1.29 is 9.84 Å². The maximum atomic E-state index is 9.78. The van der Waals surface area contributed by atoms with Gasteiger partial charge in [0.15, 0.2) is 0 Å². The lowest BCUT2D eigenvalue weighted by Gasteiger charge is -2.61. The van der Waals surface area contributed by atoms with E-state index in [0.717, 1.165) is 29.6 Å². The summed E-state index contributed by atoms with van der Waals surface area (Å²) in [5, 5.41) is 12.2. The summed E-state index contributed by atoms with van der Waals surface area (Å²) in [6, 6.07) is 12.3. The number of ether oxygens (including phenoxy) is 1. The molecule has 1 N–H and O–H groups in total. The minimum absolute atomic E-state index is 0.329. The molecule has 2 nitrogen and oxygen atoms in total. The van der Waals surface area contributed by atoms with Crippen molar-refractivity contribution in [2.24, 2.45) is 23.2 Å². The molecule has 3 unspecified atom stereocenters. The summed E-state index contributed by atoms with van der Waals surface area (Å²) in [5.41, 5.74) is 1.76. The Labute approximate surface area is 143 Å². The van der Waals surface area contributed by atoms with Crippen LogP contribution in [-0.2, 0) is 11.2 Å². The van der Waals surface area contributed by atoms with E-state index in [1.54, 1.807) is 0 Å². The van der Waals surface area contributed by atoms with Crippen LogP contribution < -0.4 is 0 Å². The topological polar surface area (TPSA) is 29.5 Å². The zero-order valence-corrected chi connectivity index (χ0v) is 14.4. The largest absolute Gasteiger partial charge is 0.508 e. The molecule has 4 aliphatic rings. The fraction of sp³-hybridized carbons (Fsp3) is 0.545. The number of hydrogen-bond acceptors (Lipinski definition) is 2. The van der Waals surface area contributed by atoms with Crippen LogP contribution >= 0.6 is 0 Å². The fourth-order valence-electron chi connectivity index (χ4n) is 6.72. The van der Waals surface area contributed by atoms with Crippen LogP contribution in [0, 0.1) is 23.2 Å². The lowest BCUT2D eigenvalue weighted by molar-refractivity contribution is -0.168. The number of aromatic hydroxyl groups is 1. The summed E-state index contributed by atoms with van der Waals surface area (Å²) in [7, 11) is 1.93. The molecule has 3 atom stereocenters. The van der Waals surface area contributed by atoms with Crippen molar-refractivity contribution in [3.63, 3.8) is 0 Å². The molecule has 0 amide bonds. The minimum atomic E-state index is 0.329. The smallest absolute Gasteiger partial charge is 0.116 e. The van der Waals surface area contributed by atoms with E-state index in [1.165, 1.54) is 43.1 Å². The third-order valence-electron chi connectivity index (χ3n) is 7.11. The first-order valence-corrected chi connectivity index (χ1v) is 9.40. The number of phenolic OH excluding ortho intramolecular Hbond substituents is 1. The van der Waals surface area contributed by atoms with Crippen LogP contribution in [0.4, 0.5) is 0 Å². The zero-order chi connectivity index (χ0) is 16.3. The van der Waals surface area contributed by atoms with Crippen LogP contribution in [0.1, 0.15) is 37.7 Å².